The van der Waals surface area contributed by atoms with E-state index in [1.807, 2.05) is 49.0 Å². The molecule has 0 saturated carbocycles. The summed E-state index contributed by atoms with van der Waals surface area (Å²) in [6.45, 7) is 2.29. The maximum absolute atomic E-state index is 14.1. The topological polar surface area (TPSA) is 50.2 Å². The van der Waals surface area contributed by atoms with E-state index in [9.17, 15) is 13.6 Å². The van der Waals surface area contributed by atoms with Crippen LogP contribution in [0.3, 0.4) is 0 Å². The summed E-state index contributed by atoms with van der Waals surface area (Å²) < 4.78 is 33.3. The van der Waals surface area contributed by atoms with Crippen molar-refractivity contribution in [1.82, 2.24) is 14.3 Å². The number of fused-ring (bicyclic) bond motifs is 1. The van der Waals surface area contributed by atoms with E-state index in [1.54, 1.807) is 29.3 Å². The van der Waals surface area contributed by atoms with Crippen LogP contribution in [-0.4, -0.2) is 15.5 Å². The largest absolute Gasteiger partial charge is 0.337 e. The molecule has 1 amide bonds. The van der Waals surface area contributed by atoms with Crippen LogP contribution in [-0.2, 0) is 24.8 Å². The van der Waals surface area contributed by atoms with Crippen molar-refractivity contribution >= 4 is 23.5 Å². The van der Waals surface area contributed by atoms with Crippen LogP contribution >= 0.6 is 11.9 Å². The minimum atomic E-state index is -0.260. The number of nitrogens with one attached hydrogen (secondary N) is 1. The third-order valence-electron chi connectivity index (χ3n) is 7.50. The predicted molar refractivity (Wildman–Crippen MR) is 157 cm³/mol. The van der Waals surface area contributed by atoms with E-state index in [-0.39, 0.29) is 42.4 Å². The van der Waals surface area contributed by atoms with Crippen LogP contribution in [0.2, 0.25) is 0 Å². The average molecular weight is 561 g/mol. The van der Waals surface area contributed by atoms with E-state index in [0.29, 0.717) is 6.54 Å². The van der Waals surface area contributed by atoms with E-state index in [0.717, 1.165) is 46.8 Å². The molecule has 2 unspecified atom stereocenters. The van der Waals surface area contributed by atoms with E-state index in [1.165, 1.54) is 29.6 Å². The first-order chi connectivity index (χ1) is 19.4. The molecular formula is C32H34F2N4OS. The summed E-state index contributed by atoms with van der Waals surface area (Å²) in [6.07, 6.45) is 14.1. The summed E-state index contributed by atoms with van der Waals surface area (Å²) in [5, 5.41) is 0. The normalized spacial score (nSPS) is 17.4. The van der Waals surface area contributed by atoms with Crippen molar-refractivity contribution in [2.75, 3.05) is 4.90 Å². The molecule has 0 fully saturated rings. The molecule has 2 aliphatic carbocycles. The molecular weight excluding hydrogens is 526 g/mol. The maximum Gasteiger partial charge on any atom is 0.228 e. The van der Waals surface area contributed by atoms with Gasteiger partial charge in [0.15, 0.2) is 0 Å². The lowest BCUT2D eigenvalue weighted by atomic mass is 9.87. The molecule has 1 heterocycles. The Morgan fingerprint density at radius 2 is 2.12 bits per heavy atom. The van der Waals surface area contributed by atoms with E-state index >= 15 is 0 Å². The van der Waals surface area contributed by atoms with Gasteiger partial charge in [-0.15, -0.1) is 0 Å². The second-order valence-corrected chi connectivity index (χ2v) is 11.3. The number of hydrogen-bond acceptors (Lipinski definition) is 4. The van der Waals surface area contributed by atoms with Crippen molar-refractivity contribution < 1.29 is 13.6 Å². The number of nitrogens with zero attached hydrogens (tertiary/aromatic N) is 3. The van der Waals surface area contributed by atoms with Gasteiger partial charge in [-0.2, -0.15) is 0 Å². The second kappa shape index (κ2) is 12.8. The highest BCUT2D eigenvalue weighted by molar-refractivity contribution is 7.97. The number of hydrogen-bond donors (Lipinski definition) is 1. The number of aryl methyl sites for hydroxylation is 2. The molecule has 0 saturated heterocycles. The van der Waals surface area contributed by atoms with Crippen molar-refractivity contribution in [3.05, 3.63) is 113 Å². The summed E-state index contributed by atoms with van der Waals surface area (Å²) in [4.78, 5) is 20.9. The SMILES string of the molecule is CC(CC(=O)N(Cc1nccn1C)c1ccc2c(c1)C(NSc1cccc(F)c1)CCC2)C1=CC=CCC(F)=C1. The van der Waals surface area contributed by atoms with Crippen molar-refractivity contribution in [3.63, 3.8) is 0 Å². The Hall–Kier alpha value is -3.49. The zero-order valence-corrected chi connectivity index (χ0v) is 23.6. The lowest BCUT2D eigenvalue weighted by Gasteiger charge is -2.30. The average Bonchev–Trinajstić information content (AvgIpc) is 3.22. The molecule has 5 rings (SSSR count). The minimum Gasteiger partial charge on any atom is -0.337 e. The summed E-state index contributed by atoms with van der Waals surface area (Å²) >= 11 is 1.43. The Morgan fingerprint density at radius 1 is 1.25 bits per heavy atom. The monoisotopic (exact) mass is 560 g/mol. The maximum atomic E-state index is 14.1. The first-order valence-corrected chi connectivity index (χ1v) is 14.5. The quantitative estimate of drug-likeness (QED) is 0.275. The fraction of sp³-hybridized carbons (Fsp3) is 0.312. The Bertz CT molecular complexity index is 1460. The molecule has 208 valence electrons. The molecule has 1 aromatic heterocycles. The molecule has 0 radical (unpaired) electrons. The molecule has 0 bridgehead atoms. The molecule has 1 N–H and O–H groups in total. The van der Waals surface area contributed by atoms with Crippen LogP contribution in [0, 0.1) is 11.7 Å². The van der Waals surface area contributed by atoms with Gasteiger partial charge in [0.2, 0.25) is 5.91 Å². The number of aromatic nitrogens is 2. The minimum absolute atomic E-state index is 0.0483. The van der Waals surface area contributed by atoms with Gasteiger partial charge >= 0.3 is 0 Å². The molecule has 2 aromatic carbocycles. The van der Waals surface area contributed by atoms with Gasteiger partial charge in [0, 0.05) is 48.9 Å². The molecule has 3 aromatic rings. The standard InChI is InChI=1S/C32H34F2N4OS/c1-22(24-7-3-4-9-25(33)18-24)17-32(39)38(21-31-35-15-16-37(31)2)27-14-13-23-8-5-12-30(29(23)20-27)36-40-28-11-6-10-26(34)19-28/h3-4,6-7,10-11,13-16,18-20,22,30,36H,5,8-9,12,17,21H2,1-2H3. The van der Waals surface area contributed by atoms with Gasteiger partial charge in [0.25, 0.3) is 0 Å². The van der Waals surface area contributed by atoms with Crippen molar-refractivity contribution in [2.24, 2.45) is 13.0 Å². The van der Waals surface area contributed by atoms with Crippen molar-refractivity contribution in [1.29, 1.82) is 0 Å². The van der Waals surface area contributed by atoms with Crippen LogP contribution in [0.4, 0.5) is 14.5 Å². The van der Waals surface area contributed by atoms with Crippen LogP contribution in [0.15, 0.2) is 95.5 Å². The van der Waals surface area contributed by atoms with E-state index in [2.05, 4.69) is 21.8 Å². The third-order valence-corrected chi connectivity index (χ3v) is 8.39. The Labute approximate surface area is 238 Å². The summed E-state index contributed by atoms with van der Waals surface area (Å²) in [5.74, 6) is 0.114. The Morgan fingerprint density at radius 3 is 2.92 bits per heavy atom. The highest BCUT2D eigenvalue weighted by Crippen LogP contribution is 2.36. The molecule has 5 nitrogen and oxygen atoms in total. The van der Waals surface area contributed by atoms with Gasteiger partial charge in [-0.1, -0.05) is 37.3 Å². The van der Waals surface area contributed by atoms with Crippen LogP contribution in [0.25, 0.3) is 0 Å². The van der Waals surface area contributed by atoms with Gasteiger partial charge in [-0.25, -0.2) is 13.8 Å². The number of carbonyl (C=O) groups excluding carboxylic acids is 1. The molecule has 2 aliphatic rings. The van der Waals surface area contributed by atoms with Gasteiger partial charge < -0.3 is 9.47 Å². The number of anilines is 1. The van der Waals surface area contributed by atoms with Crippen molar-refractivity contribution in [3.8, 4) is 0 Å². The fourth-order valence-electron chi connectivity index (χ4n) is 5.20. The lowest BCUT2D eigenvalue weighted by Crippen LogP contribution is -2.33. The van der Waals surface area contributed by atoms with E-state index in [4.69, 9.17) is 0 Å². The van der Waals surface area contributed by atoms with E-state index < -0.39 is 0 Å². The Kier molecular flexibility index (Phi) is 8.97. The van der Waals surface area contributed by atoms with Crippen molar-refractivity contribution in [2.45, 2.75) is 56.5 Å². The molecule has 0 aliphatic heterocycles. The zero-order chi connectivity index (χ0) is 28.1. The number of carbonyl (C=O) groups is 1. The van der Waals surface area contributed by atoms with Gasteiger partial charge in [-0.3, -0.25) is 9.52 Å². The van der Waals surface area contributed by atoms with Crippen LogP contribution in [0.5, 0.6) is 0 Å². The van der Waals surface area contributed by atoms with Crippen LogP contribution < -0.4 is 9.62 Å². The fourth-order valence-corrected chi connectivity index (χ4v) is 6.05. The molecule has 2 atom stereocenters. The highest BCUT2D eigenvalue weighted by atomic mass is 32.2. The first kappa shape index (κ1) is 28.1. The second-order valence-electron chi connectivity index (χ2n) is 10.4. The predicted octanol–water partition coefficient (Wildman–Crippen LogP) is 7.53. The number of benzene rings is 2. The summed E-state index contributed by atoms with van der Waals surface area (Å²) in [7, 11) is 1.92. The number of imidazole rings is 1. The number of rotatable bonds is 9. The highest BCUT2D eigenvalue weighted by Gasteiger charge is 2.26. The third kappa shape index (κ3) is 6.80. The van der Waals surface area contributed by atoms with Crippen LogP contribution in [0.1, 0.15) is 55.6 Å². The summed E-state index contributed by atoms with van der Waals surface area (Å²) in [6, 6.07) is 12.9. The number of allylic oxidation sites excluding steroid dienone is 6. The Balaban J connectivity index is 1.41. The zero-order valence-electron chi connectivity index (χ0n) is 22.8. The van der Waals surface area contributed by atoms with Gasteiger partial charge in [0.05, 0.1) is 6.54 Å². The number of halogens is 2. The summed E-state index contributed by atoms with van der Waals surface area (Å²) in [5.41, 5.74) is 4.02. The molecule has 0 spiro atoms. The number of amides is 1. The smallest absolute Gasteiger partial charge is 0.228 e. The molecule has 8 heteroatoms. The van der Waals surface area contributed by atoms with Gasteiger partial charge in [0.1, 0.15) is 17.5 Å². The first-order valence-electron chi connectivity index (χ1n) is 13.7. The van der Waals surface area contributed by atoms with Gasteiger partial charge in [-0.05, 0) is 90.2 Å². The lowest BCUT2D eigenvalue weighted by molar-refractivity contribution is -0.119. The molecule has 40 heavy (non-hydrogen) atoms.